The molecule has 2 saturated heterocycles. The van der Waals surface area contributed by atoms with Crippen molar-refractivity contribution in [2.45, 2.75) is 25.3 Å². The molecule has 2 fully saturated rings. The van der Waals surface area contributed by atoms with Crippen LogP contribution in [-0.2, 0) is 4.79 Å². The summed E-state index contributed by atoms with van der Waals surface area (Å²) in [6, 6.07) is 11.5. The molecule has 28 heavy (non-hydrogen) atoms. The van der Waals surface area contributed by atoms with Crippen molar-refractivity contribution in [1.82, 2.24) is 9.80 Å². The normalized spacial score (nSPS) is 22.5. The summed E-state index contributed by atoms with van der Waals surface area (Å²) in [6.45, 7) is 2.52. The second-order valence-electron chi connectivity index (χ2n) is 7.78. The molecule has 6 heteroatoms. The number of methoxy groups -OCH3 is 1. The van der Waals surface area contributed by atoms with Gasteiger partial charge in [-0.05, 0) is 36.8 Å². The maximum atomic E-state index is 13.3. The van der Waals surface area contributed by atoms with Crippen molar-refractivity contribution in [1.29, 1.82) is 0 Å². The molecule has 0 bridgehead atoms. The molecule has 148 valence electrons. The largest absolute Gasteiger partial charge is 0.496 e. The highest BCUT2D eigenvalue weighted by atomic mass is 16.5. The lowest BCUT2D eigenvalue weighted by Gasteiger charge is -2.34. The second-order valence-corrected chi connectivity index (χ2v) is 7.78. The Balaban J connectivity index is 1.55. The Kier molecular flexibility index (Phi) is 5.22. The highest BCUT2D eigenvalue weighted by molar-refractivity contribution is 6.08. The van der Waals surface area contributed by atoms with Crippen LogP contribution >= 0.6 is 0 Å². The molecule has 2 atom stereocenters. The highest BCUT2D eigenvalue weighted by Gasteiger charge is 2.34. The molecule has 4 rings (SSSR count). The Morgan fingerprint density at radius 3 is 2.50 bits per heavy atom. The lowest BCUT2D eigenvalue weighted by Crippen LogP contribution is -2.46. The number of nitrogens with two attached hydrogens (primary N) is 1. The molecular weight excluding hydrogens is 354 g/mol. The van der Waals surface area contributed by atoms with Crippen molar-refractivity contribution in [2.24, 2.45) is 11.7 Å². The maximum Gasteiger partial charge on any atom is 0.254 e. The van der Waals surface area contributed by atoms with Crippen LogP contribution in [0.15, 0.2) is 36.4 Å². The summed E-state index contributed by atoms with van der Waals surface area (Å²) < 4.78 is 5.44. The molecule has 0 radical (unpaired) electrons. The molecule has 0 spiro atoms. The van der Waals surface area contributed by atoms with E-state index in [2.05, 4.69) is 0 Å². The van der Waals surface area contributed by atoms with Gasteiger partial charge in [-0.1, -0.05) is 24.3 Å². The van der Waals surface area contributed by atoms with E-state index in [0.717, 1.165) is 42.3 Å². The Morgan fingerprint density at radius 2 is 1.79 bits per heavy atom. The van der Waals surface area contributed by atoms with E-state index in [9.17, 15) is 9.59 Å². The smallest absolute Gasteiger partial charge is 0.254 e. The lowest BCUT2D eigenvalue weighted by atomic mass is 9.95. The number of likely N-dealkylation sites (tertiary alicyclic amines) is 2. The quantitative estimate of drug-likeness (QED) is 0.885. The van der Waals surface area contributed by atoms with Gasteiger partial charge in [0.25, 0.3) is 5.91 Å². The summed E-state index contributed by atoms with van der Waals surface area (Å²) in [5, 5.41) is 1.80. The van der Waals surface area contributed by atoms with Crippen LogP contribution in [0.5, 0.6) is 5.75 Å². The molecule has 1 unspecified atom stereocenters. The number of hydrogen-bond acceptors (Lipinski definition) is 4. The Bertz CT molecular complexity index is 898. The Morgan fingerprint density at radius 1 is 1.00 bits per heavy atom. The third-order valence-corrected chi connectivity index (χ3v) is 5.93. The van der Waals surface area contributed by atoms with E-state index in [0.29, 0.717) is 25.2 Å². The highest BCUT2D eigenvalue weighted by Crippen LogP contribution is 2.30. The SMILES string of the molecule is COc1ccc(C(=O)N2CCCC(C(=O)N3CC[C@H](N)C3)C2)c2ccccc12. The van der Waals surface area contributed by atoms with E-state index in [1.807, 2.05) is 46.2 Å². The van der Waals surface area contributed by atoms with Crippen molar-refractivity contribution >= 4 is 22.6 Å². The predicted molar refractivity (Wildman–Crippen MR) is 108 cm³/mol. The second kappa shape index (κ2) is 7.80. The molecule has 2 aliphatic rings. The minimum absolute atomic E-state index is 0.0190. The number of piperidine rings is 1. The average Bonchev–Trinajstić information content (AvgIpc) is 3.18. The Hall–Kier alpha value is -2.60. The van der Waals surface area contributed by atoms with E-state index in [4.69, 9.17) is 10.5 Å². The molecule has 2 heterocycles. The molecule has 2 aliphatic heterocycles. The first-order chi connectivity index (χ1) is 13.6. The summed E-state index contributed by atoms with van der Waals surface area (Å²) in [6.07, 6.45) is 2.53. The number of carbonyl (C=O) groups is 2. The first-order valence-electron chi connectivity index (χ1n) is 9.98. The van der Waals surface area contributed by atoms with Crippen LogP contribution < -0.4 is 10.5 Å². The number of hydrogen-bond donors (Lipinski definition) is 1. The summed E-state index contributed by atoms with van der Waals surface area (Å²) in [5.41, 5.74) is 6.61. The minimum Gasteiger partial charge on any atom is -0.496 e. The minimum atomic E-state index is -0.132. The summed E-state index contributed by atoms with van der Waals surface area (Å²) in [5.74, 6) is 0.747. The number of fused-ring (bicyclic) bond motifs is 1. The summed E-state index contributed by atoms with van der Waals surface area (Å²) in [7, 11) is 1.63. The van der Waals surface area contributed by atoms with Crippen molar-refractivity contribution in [3.05, 3.63) is 42.0 Å². The van der Waals surface area contributed by atoms with E-state index < -0.39 is 0 Å². The predicted octanol–water partition coefficient (Wildman–Crippen LogP) is 2.26. The van der Waals surface area contributed by atoms with Crippen molar-refractivity contribution in [2.75, 3.05) is 33.3 Å². The van der Waals surface area contributed by atoms with Gasteiger partial charge in [0.1, 0.15) is 5.75 Å². The first-order valence-corrected chi connectivity index (χ1v) is 9.98. The van der Waals surface area contributed by atoms with Gasteiger partial charge >= 0.3 is 0 Å². The number of benzene rings is 2. The fraction of sp³-hybridized carbons (Fsp3) is 0.455. The zero-order valence-corrected chi connectivity index (χ0v) is 16.3. The van der Waals surface area contributed by atoms with Crippen LogP contribution in [0.4, 0.5) is 0 Å². The number of ether oxygens (including phenoxy) is 1. The topological polar surface area (TPSA) is 75.9 Å². The zero-order valence-electron chi connectivity index (χ0n) is 16.3. The van der Waals surface area contributed by atoms with Gasteiger partial charge in [0.05, 0.1) is 13.0 Å². The maximum absolute atomic E-state index is 13.3. The Labute approximate surface area is 165 Å². The molecule has 0 aliphatic carbocycles. The molecule has 0 aromatic heterocycles. The van der Waals surface area contributed by atoms with Gasteiger partial charge < -0.3 is 20.3 Å². The van der Waals surface area contributed by atoms with Crippen LogP contribution in [0.25, 0.3) is 10.8 Å². The van der Waals surface area contributed by atoms with E-state index >= 15 is 0 Å². The first kappa shape index (κ1) is 18.7. The van der Waals surface area contributed by atoms with Gasteiger partial charge in [0.2, 0.25) is 5.91 Å². The fourth-order valence-corrected chi connectivity index (χ4v) is 4.42. The van der Waals surface area contributed by atoms with Crippen LogP contribution in [0.1, 0.15) is 29.6 Å². The standard InChI is InChI=1S/C22H27N3O3/c1-28-20-9-8-19(17-6-2-3-7-18(17)20)22(27)24-11-4-5-15(13-24)21(26)25-12-10-16(23)14-25/h2-3,6-9,15-16H,4-5,10-14,23H2,1H3/t15?,16-/m0/s1. The molecule has 6 nitrogen and oxygen atoms in total. The molecular formula is C22H27N3O3. The van der Waals surface area contributed by atoms with Gasteiger partial charge in [-0.2, -0.15) is 0 Å². The molecule has 2 aromatic carbocycles. The van der Waals surface area contributed by atoms with Crippen molar-refractivity contribution < 1.29 is 14.3 Å². The molecule has 2 amide bonds. The molecule has 2 aromatic rings. The van der Waals surface area contributed by atoms with Crippen LogP contribution in [0.3, 0.4) is 0 Å². The van der Waals surface area contributed by atoms with Crippen molar-refractivity contribution in [3.8, 4) is 5.75 Å². The number of rotatable bonds is 3. The number of amides is 2. The summed E-state index contributed by atoms with van der Waals surface area (Å²) in [4.78, 5) is 29.9. The average molecular weight is 381 g/mol. The number of carbonyl (C=O) groups excluding carboxylic acids is 2. The lowest BCUT2D eigenvalue weighted by molar-refractivity contribution is -0.135. The third-order valence-electron chi connectivity index (χ3n) is 5.93. The van der Waals surface area contributed by atoms with E-state index in [-0.39, 0.29) is 23.8 Å². The molecule has 2 N–H and O–H groups in total. The monoisotopic (exact) mass is 381 g/mol. The summed E-state index contributed by atoms with van der Waals surface area (Å²) >= 11 is 0. The molecule has 0 saturated carbocycles. The van der Waals surface area contributed by atoms with Gasteiger partial charge in [0, 0.05) is 43.2 Å². The van der Waals surface area contributed by atoms with Gasteiger partial charge in [-0.25, -0.2) is 0 Å². The van der Waals surface area contributed by atoms with Gasteiger partial charge in [-0.15, -0.1) is 0 Å². The van der Waals surface area contributed by atoms with Crippen molar-refractivity contribution in [3.63, 3.8) is 0 Å². The zero-order chi connectivity index (χ0) is 19.7. The van der Waals surface area contributed by atoms with Crippen LogP contribution in [0, 0.1) is 5.92 Å². The fourth-order valence-electron chi connectivity index (χ4n) is 4.42. The van der Waals surface area contributed by atoms with Crippen LogP contribution in [-0.4, -0.2) is 60.9 Å². The van der Waals surface area contributed by atoms with E-state index in [1.165, 1.54) is 0 Å². The van der Waals surface area contributed by atoms with Gasteiger partial charge in [0.15, 0.2) is 0 Å². The third kappa shape index (κ3) is 3.44. The van der Waals surface area contributed by atoms with E-state index in [1.54, 1.807) is 7.11 Å². The number of nitrogens with zero attached hydrogens (tertiary/aromatic N) is 2. The van der Waals surface area contributed by atoms with Crippen LogP contribution in [0.2, 0.25) is 0 Å². The van der Waals surface area contributed by atoms with Gasteiger partial charge in [-0.3, -0.25) is 9.59 Å².